The second-order valence-corrected chi connectivity index (χ2v) is 5.65. The molecule has 3 nitrogen and oxygen atoms in total. The molecular weight excluding hydrogens is 333 g/mol. The third-order valence-electron chi connectivity index (χ3n) is 3.18. The number of halogens is 2. The second-order valence-electron chi connectivity index (χ2n) is 4.74. The highest BCUT2D eigenvalue weighted by molar-refractivity contribution is 9.10. The SMILES string of the molecule is Nc1ccc2nc(NCc3cc(Br)ccc3F)ccc2c1. The van der Waals surface area contributed by atoms with Gasteiger partial charge in [-0.15, -0.1) is 0 Å². The van der Waals surface area contributed by atoms with Gasteiger partial charge in [0.05, 0.1) is 5.52 Å². The number of benzene rings is 2. The maximum Gasteiger partial charge on any atom is 0.128 e. The number of nitrogens with one attached hydrogen (secondary N) is 1. The first kappa shape index (κ1) is 13.8. The van der Waals surface area contributed by atoms with Crippen molar-refractivity contribution in [3.8, 4) is 0 Å². The molecule has 5 heteroatoms. The summed E-state index contributed by atoms with van der Waals surface area (Å²) in [5.74, 6) is 0.464. The average Bonchev–Trinajstić information content (AvgIpc) is 2.48. The maximum atomic E-state index is 13.7. The van der Waals surface area contributed by atoms with Crippen molar-refractivity contribution < 1.29 is 4.39 Å². The fraction of sp³-hybridized carbons (Fsp3) is 0.0625. The molecule has 106 valence electrons. The van der Waals surface area contributed by atoms with Crippen LogP contribution in [0.15, 0.2) is 53.0 Å². The molecule has 0 unspecified atom stereocenters. The van der Waals surface area contributed by atoms with Crippen molar-refractivity contribution in [2.45, 2.75) is 6.54 Å². The van der Waals surface area contributed by atoms with E-state index in [-0.39, 0.29) is 5.82 Å². The van der Waals surface area contributed by atoms with Crippen LogP contribution in [0.25, 0.3) is 10.9 Å². The first-order chi connectivity index (χ1) is 10.1. The molecule has 3 rings (SSSR count). The Hall–Kier alpha value is -2.14. The maximum absolute atomic E-state index is 13.7. The summed E-state index contributed by atoms with van der Waals surface area (Å²) < 4.78 is 14.5. The van der Waals surface area contributed by atoms with E-state index in [0.29, 0.717) is 23.6 Å². The molecule has 0 spiro atoms. The monoisotopic (exact) mass is 345 g/mol. The Morgan fingerprint density at radius 1 is 1.10 bits per heavy atom. The fourth-order valence-electron chi connectivity index (χ4n) is 2.11. The van der Waals surface area contributed by atoms with Gasteiger partial charge in [0.25, 0.3) is 0 Å². The summed E-state index contributed by atoms with van der Waals surface area (Å²) >= 11 is 3.34. The number of hydrogen-bond donors (Lipinski definition) is 2. The third-order valence-corrected chi connectivity index (χ3v) is 3.67. The Morgan fingerprint density at radius 3 is 2.81 bits per heavy atom. The van der Waals surface area contributed by atoms with E-state index in [1.54, 1.807) is 12.1 Å². The highest BCUT2D eigenvalue weighted by atomic mass is 79.9. The summed E-state index contributed by atoms with van der Waals surface area (Å²) in [6, 6.07) is 14.2. The highest BCUT2D eigenvalue weighted by Crippen LogP contribution is 2.20. The molecule has 0 amide bonds. The molecule has 2 aromatic carbocycles. The number of nitrogens with zero attached hydrogens (tertiary/aromatic N) is 1. The van der Waals surface area contributed by atoms with E-state index in [1.807, 2.05) is 30.3 Å². The lowest BCUT2D eigenvalue weighted by Crippen LogP contribution is -2.03. The minimum absolute atomic E-state index is 0.237. The molecule has 3 aromatic rings. The molecule has 0 atom stereocenters. The van der Waals surface area contributed by atoms with Crippen molar-refractivity contribution in [3.05, 3.63) is 64.4 Å². The van der Waals surface area contributed by atoms with Gasteiger partial charge in [-0.3, -0.25) is 0 Å². The van der Waals surface area contributed by atoms with Crippen LogP contribution in [0.2, 0.25) is 0 Å². The van der Waals surface area contributed by atoms with Gasteiger partial charge in [-0.2, -0.15) is 0 Å². The van der Waals surface area contributed by atoms with Gasteiger partial charge >= 0.3 is 0 Å². The average molecular weight is 346 g/mol. The Labute approximate surface area is 130 Å². The Balaban J connectivity index is 1.82. The lowest BCUT2D eigenvalue weighted by molar-refractivity contribution is 0.612. The predicted octanol–water partition coefficient (Wildman–Crippen LogP) is 4.33. The van der Waals surface area contributed by atoms with Crippen LogP contribution in [-0.2, 0) is 6.54 Å². The van der Waals surface area contributed by atoms with Gasteiger partial charge in [-0.05, 0) is 48.5 Å². The van der Waals surface area contributed by atoms with Crippen molar-refractivity contribution in [2.75, 3.05) is 11.1 Å². The number of rotatable bonds is 3. The number of anilines is 2. The summed E-state index contributed by atoms with van der Waals surface area (Å²) in [5, 5.41) is 4.11. The van der Waals surface area contributed by atoms with Crippen molar-refractivity contribution in [2.24, 2.45) is 0 Å². The highest BCUT2D eigenvalue weighted by Gasteiger charge is 2.04. The molecule has 0 aliphatic carbocycles. The molecule has 0 radical (unpaired) electrons. The van der Waals surface area contributed by atoms with Crippen LogP contribution in [0, 0.1) is 5.82 Å². The lowest BCUT2D eigenvalue weighted by Gasteiger charge is -2.08. The first-order valence-corrected chi connectivity index (χ1v) is 7.25. The van der Waals surface area contributed by atoms with Crippen molar-refractivity contribution >= 4 is 38.3 Å². The number of nitrogens with two attached hydrogens (primary N) is 1. The largest absolute Gasteiger partial charge is 0.399 e. The molecule has 0 fully saturated rings. The fourth-order valence-corrected chi connectivity index (χ4v) is 2.52. The van der Waals surface area contributed by atoms with E-state index in [1.165, 1.54) is 6.07 Å². The van der Waals surface area contributed by atoms with Crippen LogP contribution in [0.4, 0.5) is 15.9 Å². The minimum Gasteiger partial charge on any atom is -0.399 e. The normalized spacial score (nSPS) is 10.8. The number of fused-ring (bicyclic) bond motifs is 1. The van der Waals surface area contributed by atoms with E-state index in [2.05, 4.69) is 26.2 Å². The number of nitrogen functional groups attached to an aromatic ring is 1. The van der Waals surface area contributed by atoms with Crippen LogP contribution in [0.1, 0.15) is 5.56 Å². The standard InChI is InChI=1S/C16H13BrFN3/c17-12-2-4-14(18)11(7-12)9-20-16-6-1-10-8-13(19)3-5-15(10)21-16/h1-8H,9,19H2,(H,20,21). The zero-order valence-corrected chi connectivity index (χ0v) is 12.7. The van der Waals surface area contributed by atoms with Crippen LogP contribution in [0.3, 0.4) is 0 Å². The van der Waals surface area contributed by atoms with Crippen LogP contribution < -0.4 is 11.1 Å². The van der Waals surface area contributed by atoms with E-state index in [4.69, 9.17) is 5.73 Å². The predicted molar refractivity (Wildman–Crippen MR) is 87.6 cm³/mol. The zero-order valence-electron chi connectivity index (χ0n) is 11.1. The first-order valence-electron chi connectivity index (χ1n) is 6.46. The summed E-state index contributed by atoms with van der Waals surface area (Å²) in [5.41, 5.74) is 7.88. The van der Waals surface area contributed by atoms with Crippen LogP contribution in [-0.4, -0.2) is 4.98 Å². The molecule has 1 heterocycles. The molecule has 21 heavy (non-hydrogen) atoms. The van der Waals surface area contributed by atoms with Gasteiger partial charge in [-0.1, -0.05) is 15.9 Å². The number of aromatic nitrogens is 1. The van der Waals surface area contributed by atoms with E-state index in [9.17, 15) is 4.39 Å². The topological polar surface area (TPSA) is 50.9 Å². The number of hydrogen-bond acceptors (Lipinski definition) is 3. The van der Waals surface area contributed by atoms with Gasteiger partial charge in [0.1, 0.15) is 11.6 Å². The van der Waals surface area contributed by atoms with Crippen molar-refractivity contribution in [3.63, 3.8) is 0 Å². The van der Waals surface area contributed by atoms with E-state index in [0.717, 1.165) is 15.4 Å². The molecule has 0 aliphatic rings. The molecular formula is C16H13BrFN3. The molecule has 0 saturated carbocycles. The molecule has 1 aromatic heterocycles. The molecule has 3 N–H and O–H groups in total. The molecule has 0 saturated heterocycles. The Bertz CT molecular complexity index is 805. The smallest absolute Gasteiger partial charge is 0.128 e. The van der Waals surface area contributed by atoms with E-state index < -0.39 is 0 Å². The Kier molecular flexibility index (Phi) is 3.75. The second kappa shape index (κ2) is 5.69. The minimum atomic E-state index is -0.237. The lowest BCUT2D eigenvalue weighted by atomic mass is 10.2. The van der Waals surface area contributed by atoms with E-state index >= 15 is 0 Å². The third kappa shape index (κ3) is 3.13. The van der Waals surface area contributed by atoms with Gasteiger partial charge in [0.15, 0.2) is 0 Å². The van der Waals surface area contributed by atoms with Crippen LogP contribution in [0.5, 0.6) is 0 Å². The van der Waals surface area contributed by atoms with Gasteiger partial charge < -0.3 is 11.1 Å². The summed E-state index contributed by atoms with van der Waals surface area (Å²) in [6.45, 7) is 0.374. The van der Waals surface area contributed by atoms with Gasteiger partial charge in [0.2, 0.25) is 0 Å². The summed E-state index contributed by atoms with van der Waals surface area (Å²) in [7, 11) is 0. The summed E-state index contributed by atoms with van der Waals surface area (Å²) in [6.07, 6.45) is 0. The van der Waals surface area contributed by atoms with Crippen LogP contribution >= 0.6 is 15.9 Å². The van der Waals surface area contributed by atoms with Gasteiger partial charge in [-0.25, -0.2) is 9.37 Å². The Morgan fingerprint density at radius 2 is 1.95 bits per heavy atom. The molecule has 0 aliphatic heterocycles. The van der Waals surface area contributed by atoms with Crippen molar-refractivity contribution in [1.29, 1.82) is 0 Å². The molecule has 0 bridgehead atoms. The quantitative estimate of drug-likeness (QED) is 0.694. The van der Waals surface area contributed by atoms with Crippen molar-refractivity contribution in [1.82, 2.24) is 4.98 Å². The van der Waals surface area contributed by atoms with Gasteiger partial charge in [0, 0.05) is 27.7 Å². The number of pyridine rings is 1. The summed E-state index contributed by atoms with van der Waals surface area (Å²) in [4.78, 5) is 4.48. The zero-order chi connectivity index (χ0) is 14.8.